The first-order chi connectivity index (χ1) is 13.4. The van der Waals surface area contributed by atoms with Gasteiger partial charge in [-0.1, -0.05) is 12.1 Å². The Kier molecular flexibility index (Phi) is 9.01. The predicted molar refractivity (Wildman–Crippen MR) is 111 cm³/mol. The lowest BCUT2D eigenvalue weighted by molar-refractivity contribution is 0.0200. The molecule has 1 unspecified atom stereocenters. The zero-order chi connectivity index (χ0) is 20.4. The largest absolute Gasteiger partial charge is 0.496 e. The van der Waals surface area contributed by atoms with Crippen LogP contribution in [0.4, 0.5) is 0 Å². The number of aliphatic imine (C=N–C) groups is 1. The Bertz CT molecular complexity index is 746. The van der Waals surface area contributed by atoms with Gasteiger partial charge in [-0.25, -0.2) is 13.1 Å². The molecule has 1 atom stereocenters. The van der Waals surface area contributed by atoms with Crippen LogP contribution in [0.3, 0.4) is 0 Å². The molecule has 2 rings (SSSR count). The van der Waals surface area contributed by atoms with E-state index in [4.69, 9.17) is 9.47 Å². The van der Waals surface area contributed by atoms with Gasteiger partial charge in [0, 0.05) is 38.9 Å². The van der Waals surface area contributed by atoms with Gasteiger partial charge >= 0.3 is 0 Å². The van der Waals surface area contributed by atoms with E-state index in [2.05, 4.69) is 20.3 Å². The topological polar surface area (TPSA) is 101 Å². The van der Waals surface area contributed by atoms with Gasteiger partial charge in [0.1, 0.15) is 5.75 Å². The van der Waals surface area contributed by atoms with E-state index in [9.17, 15) is 8.42 Å². The Morgan fingerprint density at radius 2 is 2.14 bits per heavy atom. The number of nitrogens with one attached hydrogen (secondary N) is 3. The molecule has 1 saturated heterocycles. The number of sulfonamides is 1. The molecular weight excluding hydrogens is 380 g/mol. The summed E-state index contributed by atoms with van der Waals surface area (Å²) in [6.45, 7) is 3.83. The van der Waals surface area contributed by atoms with Crippen LogP contribution < -0.4 is 20.1 Å². The number of hydrogen-bond acceptors (Lipinski definition) is 5. The molecule has 0 saturated carbocycles. The molecular formula is C19H32N4O4S. The molecule has 1 aromatic rings. The highest BCUT2D eigenvalue weighted by atomic mass is 32.2. The number of nitrogens with zero attached hydrogens (tertiary/aromatic N) is 1. The van der Waals surface area contributed by atoms with Gasteiger partial charge < -0.3 is 20.1 Å². The lowest BCUT2D eigenvalue weighted by Gasteiger charge is -2.22. The van der Waals surface area contributed by atoms with Gasteiger partial charge in [-0.05, 0) is 37.8 Å². The first-order valence-corrected chi connectivity index (χ1v) is 11.3. The predicted octanol–water partition coefficient (Wildman–Crippen LogP) is 1.16. The van der Waals surface area contributed by atoms with Gasteiger partial charge in [0.05, 0.1) is 19.0 Å². The first kappa shape index (κ1) is 22.4. The molecule has 0 radical (unpaired) electrons. The van der Waals surface area contributed by atoms with E-state index in [1.807, 2.05) is 25.1 Å². The molecule has 158 valence electrons. The van der Waals surface area contributed by atoms with Crippen molar-refractivity contribution in [1.29, 1.82) is 0 Å². The molecule has 0 spiro atoms. The van der Waals surface area contributed by atoms with Gasteiger partial charge in [0.15, 0.2) is 5.96 Å². The maximum atomic E-state index is 12.2. The fraction of sp³-hybridized carbons (Fsp3) is 0.632. The maximum absolute atomic E-state index is 12.2. The van der Waals surface area contributed by atoms with E-state index >= 15 is 0 Å². The molecule has 0 aromatic heterocycles. The highest BCUT2D eigenvalue weighted by Crippen LogP contribution is 2.19. The second-order valence-corrected chi connectivity index (χ2v) is 8.75. The number of guanidine groups is 1. The van der Waals surface area contributed by atoms with E-state index in [0.29, 0.717) is 25.7 Å². The Balaban J connectivity index is 1.74. The lowest BCUT2D eigenvalue weighted by atomic mass is 10.1. The van der Waals surface area contributed by atoms with Crippen LogP contribution >= 0.6 is 0 Å². The van der Waals surface area contributed by atoms with E-state index in [1.165, 1.54) is 0 Å². The van der Waals surface area contributed by atoms with Crippen molar-refractivity contribution in [2.24, 2.45) is 4.99 Å². The third-order valence-electron chi connectivity index (χ3n) is 4.58. The van der Waals surface area contributed by atoms with Crippen LogP contribution in [0, 0.1) is 6.92 Å². The molecule has 0 bridgehead atoms. The summed E-state index contributed by atoms with van der Waals surface area (Å²) >= 11 is 0. The Morgan fingerprint density at radius 1 is 1.32 bits per heavy atom. The van der Waals surface area contributed by atoms with E-state index in [-0.39, 0.29) is 18.4 Å². The van der Waals surface area contributed by atoms with Crippen molar-refractivity contribution in [3.8, 4) is 5.75 Å². The van der Waals surface area contributed by atoms with Crippen LogP contribution in [-0.4, -0.2) is 60.1 Å². The van der Waals surface area contributed by atoms with Gasteiger partial charge in [-0.3, -0.25) is 4.99 Å². The molecule has 28 heavy (non-hydrogen) atoms. The zero-order valence-electron chi connectivity index (χ0n) is 17.0. The summed E-state index contributed by atoms with van der Waals surface area (Å²) in [5.41, 5.74) is 2.12. The van der Waals surface area contributed by atoms with Crippen molar-refractivity contribution in [3.05, 3.63) is 29.3 Å². The Labute approximate surface area is 168 Å². The molecule has 1 heterocycles. The number of hydrogen-bond donors (Lipinski definition) is 3. The summed E-state index contributed by atoms with van der Waals surface area (Å²) in [5, 5.41) is 6.20. The summed E-state index contributed by atoms with van der Waals surface area (Å²) in [6, 6.07) is 5.99. The monoisotopic (exact) mass is 412 g/mol. The number of ether oxygens (including phenoxy) is 2. The van der Waals surface area contributed by atoms with Crippen molar-refractivity contribution >= 4 is 16.0 Å². The molecule has 1 aromatic carbocycles. The minimum absolute atomic E-state index is 0.0181. The minimum atomic E-state index is -3.36. The van der Waals surface area contributed by atoms with Gasteiger partial charge in [-0.15, -0.1) is 0 Å². The highest BCUT2D eigenvalue weighted by Gasteiger charge is 2.17. The normalized spacial score (nSPS) is 18.0. The van der Waals surface area contributed by atoms with Crippen molar-refractivity contribution in [1.82, 2.24) is 15.4 Å². The van der Waals surface area contributed by atoms with E-state index in [0.717, 1.165) is 36.1 Å². The molecule has 0 amide bonds. The Hall–Kier alpha value is -1.84. The SMILES string of the molecule is CN=C(NCCS(=O)(=O)NCC1CCCCO1)NCc1ccc(C)cc1OC. The second-order valence-electron chi connectivity index (χ2n) is 6.82. The molecule has 1 aliphatic rings. The second kappa shape index (κ2) is 11.2. The quantitative estimate of drug-likeness (QED) is 0.416. The smallest absolute Gasteiger partial charge is 0.213 e. The summed E-state index contributed by atoms with van der Waals surface area (Å²) in [5.74, 6) is 1.31. The first-order valence-electron chi connectivity index (χ1n) is 9.60. The van der Waals surface area contributed by atoms with Crippen molar-refractivity contribution in [2.45, 2.75) is 38.8 Å². The van der Waals surface area contributed by atoms with E-state index in [1.54, 1.807) is 14.2 Å². The fourth-order valence-electron chi connectivity index (χ4n) is 2.96. The Morgan fingerprint density at radius 3 is 2.82 bits per heavy atom. The number of benzene rings is 1. The summed E-state index contributed by atoms with van der Waals surface area (Å²) in [4.78, 5) is 4.13. The standard InChI is InChI=1S/C19H32N4O4S/c1-15-7-8-16(18(12-15)26-3)13-22-19(20-2)21-9-11-28(24,25)23-14-17-6-4-5-10-27-17/h7-8,12,17,23H,4-6,9-11,13-14H2,1-3H3,(H2,20,21,22). The number of rotatable bonds is 9. The average molecular weight is 413 g/mol. The number of methoxy groups -OCH3 is 1. The van der Waals surface area contributed by atoms with Gasteiger partial charge in [-0.2, -0.15) is 0 Å². The van der Waals surface area contributed by atoms with E-state index < -0.39 is 10.0 Å². The van der Waals surface area contributed by atoms with Crippen molar-refractivity contribution in [2.75, 3.05) is 39.6 Å². The summed E-state index contributed by atoms with van der Waals surface area (Å²) in [7, 11) is -0.0745. The third kappa shape index (κ3) is 7.65. The molecule has 1 aliphatic heterocycles. The van der Waals surface area contributed by atoms with Crippen LogP contribution in [0.1, 0.15) is 30.4 Å². The zero-order valence-corrected chi connectivity index (χ0v) is 17.8. The number of aryl methyl sites for hydroxylation is 1. The van der Waals surface area contributed by atoms with Crippen LogP contribution in [0.5, 0.6) is 5.75 Å². The molecule has 9 heteroatoms. The highest BCUT2D eigenvalue weighted by molar-refractivity contribution is 7.89. The molecule has 3 N–H and O–H groups in total. The molecule has 1 fully saturated rings. The van der Waals surface area contributed by atoms with Crippen LogP contribution in [0.2, 0.25) is 0 Å². The summed E-state index contributed by atoms with van der Waals surface area (Å²) in [6.07, 6.45) is 3.02. The van der Waals surface area contributed by atoms with Crippen LogP contribution in [-0.2, 0) is 21.3 Å². The van der Waals surface area contributed by atoms with Crippen molar-refractivity contribution < 1.29 is 17.9 Å². The lowest BCUT2D eigenvalue weighted by Crippen LogP contribution is -2.42. The molecule has 0 aliphatic carbocycles. The fourth-order valence-corrected chi connectivity index (χ4v) is 3.92. The van der Waals surface area contributed by atoms with Crippen LogP contribution in [0.25, 0.3) is 0 Å². The van der Waals surface area contributed by atoms with Gasteiger partial charge in [0.2, 0.25) is 10.0 Å². The maximum Gasteiger partial charge on any atom is 0.213 e. The molecule has 8 nitrogen and oxygen atoms in total. The minimum Gasteiger partial charge on any atom is -0.496 e. The third-order valence-corrected chi connectivity index (χ3v) is 5.93. The van der Waals surface area contributed by atoms with Crippen molar-refractivity contribution in [3.63, 3.8) is 0 Å². The van der Waals surface area contributed by atoms with Gasteiger partial charge in [0.25, 0.3) is 0 Å². The average Bonchev–Trinajstić information content (AvgIpc) is 2.70. The summed E-state index contributed by atoms with van der Waals surface area (Å²) < 4.78 is 37.9. The van der Waals surface area contributed by atoms with Crippen LogP contribution in [0.15, 0.2) is 23.2 Å².